The topological polar surface area (TPSA) is 46.3 Å². The SMILES string of the molecule is CCCC(CCC)(C(=O)N1CCCCCC1)C(N)=S. The molecule has 2 N–H and O–H groups in total. The summed E-state index contributed by atoms with van der Waals surface area (Å²) in [5, 5.41) is 0. The number of carbonyl (C=O) groups is 1. The molecule has 0 aliphatic carbocycles. The highest BCUT2D eigenvalue weighted by molar-refractivity contribution is 7.80. The van der Waals surface area contributed by atoms with Crippen LogP contribution in [-0.2, 0) is 4.79 Å². The first-order valence-electron chi connectivity index (χ1n) is 7.67. The molecule has 1 aliphatic rings. The molecule has 1 aliphatic heterocycles. The minimum absolute atomic E-state index is 0.186. The van der Waals surface area contributed by atoms with Gasteiger partial charge >= 0.3 is 0 Å². The van der Waals surface area contributed by atoms with Crippen LogP contribution in [0.2, 0.25) is 0 Å². The second-order valence-corrected chi connectivity index (χ2v) is 6.09. The highest BCUT2D eigenvalue weighted by Crippen LogP contribution is 2.33. The van der Waals surface area contributed by atoms with E-state index in [1.54, 1.807) is 0 Å². The first-order chi connectivity index (χ1) is 9.08. The summed E-state index contributed by atoms with van der Waals surface area (Å²) >= 11 is 5.27. The van der Waals surface area contributed by atoms with Gasteiger partial charge in [-0.25, -0.2) is 0 Å². The lowest BCUT2D eigenvalue weighted by Crippen LogP contribution is -2.51. The van der Waals surface area contributed by atoms with Gasteiger partial charge in [0.1, 0.15) is 0 Å². The van der Waals surface area contributed by atoms with Crippen molar-refractivity contribution in [1.29, 1.82) is 0 Å². The monoisotopic (exact) mass is 284 g/mol. The van der Waals surface area contributed by atoms with Crippen molar-refractivity contribution < 1.29 is 4.79 Å². The molecule has 0 bridgehead atoms. The van der Waals surface area contributed by atoms with E-state index < -0.39 is 5.41 Å². The van der Waals surface area contributed by atoms with Crippen molar-refractivity contribution >= 4 is 23.1 Å². The summed E-state index contributed by atoms with van der Waals surface area (Å²) in [6, 6.07) is 0. The van der Waals surface area contributed by atoms with Crippen LogP contribution in [-0.4, -0.2) is 28.9 Å². The smallest absolute Gasteiger partial charge is 0.235 e. The predicted octanol–water partition coefficient (Wildman–Crippen LogP) is 3.26. The summed E-state index contributed by atoms with van der Waals surface area (Å²) < 4.78 is 0. The number of rotatable bonds is 6. The molecule has 4 heteroatoms. The summed E-state index contributed by atoms with van der Waals surface area (Å²) in [7, 11) is 0. The summed E-state index contributed by atoms with van der Waals surface area (Å²) in [6.07, 6.45) is 8.12. The van der Waals surface area contributed by atoms with Gasteiger partial charge in [-0.3, -0.25) is 4.79 Å². The van der Waals surface area contributed by atoms with Crippen LogP contribution < -0.4 is 5.73 Å². The lowest BCUT2D eigenvalue weighted by atomic mass is 9.77. The minimum atomic E-state index is -0.594. The van der Waals surface area contributed by atoms with Gasteiger partial charge < -0.3 is 10.6 Å². The molecule has 0 saturated carbocycles. The van der Waals surface area contributed by atoms with Crippen molar-refractivity contribution in [3.8, 4) is 0 Å². The van der Waals surface area contributed by atoms with Gasteiger partial charge in [0.2, 0.25) is 5.91 Å². The van der Waals surface area contributed by atoms with Crippen molar-refractivity contribution in [3.63, 3.8) is 0 Å². The number of hydrogen-bond acceptors (Lipinski definition) is 2. The normalized spacial score (nSPS) is 17.1. The molecule has 1 saturated heterocycles. The van der Waals surface area contributed by atoms with Crippen LogP contribution in [0.4, 0.5) is 0 Å². The fourth-order valence-corrected chi connectivity index (χ4v) is 3.41. The minimum Gasteiger partial charge on any atom is -0.392 e. The number of amides is 1. The highest BCUT2D eigenvalue weighted by atomic mass is 32.1. The Morgan fingerprint density at radius 1 is 1.11 bits per heavy atom. The molecule has 1 heterocycles. The van der Waals surface area contributed by atoms with E-state index in [0.29, 0.717) is 4.99 Å². The number of thiocarbonyl (C=S) groups is 1. The Bertz CT molecular complexity index is 303. The van der Waals surface area contributed by atoms with E-state index in [1.807, 2.05) is 4.90 Å². The molecular formula is C15H28N2OS. The van der Waals surface area contributed by atoms with Crippen LogP contribution in [0.5, 0.6) is 0 Å². The molecule has 0 aromatic rings. The Hall–Kier alpha value is -0.640. The molecule has 3 nitrogen and oxygen atoms in total. The molecule has 0 radical (unpaired) electrons. The molecule has 110 valence electrons. The first kappa shape index (κ1) is 16.4. The van der Waals surface area contributed by atoms with Gasteiger partial charge in [-0.05, 0) is 25.7 Å². The Kier molecular flexibility index (Phi) is 6.76. The maximum atomic E-state index is 13.0. The van der Waals surface area contributed by atoms with Gasteiger partial charge in [0.25, 0.3) is 0 Å². The van der Waals surface area contributed by atoms with Crippen LogP contribution in [0.15, 0.2) is 0 Å². The van der Waals surface area contributed by atoms with Crippen molar-refractivity contribution in [1.82, 2.24) is 4.90 Å². The van der Waals surface area contributed by atoms with E-state index in [4.69, 9.17) is 18.0 Å². The van der Waals surface area contributed by atoms with E-state index in [9.17, 15) is 4.79 Å². The third-order valence-electron chi connectivity index (χ3n) is 4.13. The largest absolute Gasteiger partial charge is 0.392 e. The summed E-state index contributed by atoms with van der Waals surface area (Å²) in [5.41, 5.74) is 5.38. The molecule has 0 spiro atoms. The maximum absolute atomic E-state index is 13.0. The Morgan fingerprint density at radius 3 is 1.95 bits per heavy atom. The zero-order chi connectivity index (χ0) is 14.3. The van der Waals surface area contributed by atoms with E-state index in [0.717, 1.165) is 51.6 Å². The number of carbonyl (C=O) groups excluding carboxylic acids is 1. The second-order valence-electron chi connectivity index (χ2n) is 5.65. The second kappa shape index (κ2) is 7.83. The van der Waals surface area contributed by atoms with Crippen LogP contribution in [0.25, 0.3) is 0 Å². The average Bonchev–Trinajstić information content (AvgIpc) is 2.66. The lowest BCUT2D eigenvalue weighted by Gasteiger charge is -2.36. The maximum Gasteiger partial charge on any atom is 0.235 e. The van der Waals surface area contributed by atoms with E-state index in [1.165, 1.54) is 12.8 Å². The van der Waals surface area contributed by atoms with Gasteiger partial charge in [0.05, 0.1) is 10.4 Å². The molecule has 1 rings (SSSR count). The molecule has 1 fully saturated rings. The van der Waals surface area contributed by atoms with Crippen LogP contribution >= 0.6 is 12.2 Å². The molecule has 0 aromatic carbocycles. The van der Waals surface area contributed by atoms with E-state index >= 15 is 0 Å². The molecule has 19 heavy (non-hydrogen) atoms. The first-order valence-corrected chi connectivity index (χ1v) is 8.08. The van der Waals surface area contributed by atoms with Gasteiger partial charge in [-0.15, -0.1) is 0 Å². The average molecular weight is 284 g/mol. The van der Waals surface area contributed by atoms with E-state index in [-0.39, 0.29) is 5.91 Å². The quantitative estimate of drug-likeness (QED) is 0.762. The summed E-state index contributed by atoms with van der Waals surface area (Å²) in [4.78, 5) is 15.4. The summed E-state index contributed by atoms with van der Waals surface area (Å²) in [6.45, 7) is 5.93. The van der Waals surface area contributed by atoms with Gasteiger partial charge in [0, 0.05) is 13.1 Å². The fraction of sp³-hybridized carbons (Fsp3) is 0.867. The van der Waals surface area contributed by atoms with Crippen molar-refractivity contribution in [3.05, 3.63) is 0 Å². The Labute approximate surface area is 122 Å². The standard InChI is InChI=1S/C15H28N2OS/c1-3-9-15(10-4-2,13(16)19)14(18)17-11-7-5-6-8-12-17/h3-12H2,1-2H3,(H2,16,19). The summed E-state index contributed by atoms with van der Waals surface area (Å²) in [5.74, 6) is 0.186. The van der Waals surface area contributed by atoms with Crippen LogP contribution in [0.1, 0.15) is 65.2 Å². The van der Waals surface area contributed by atoms with Crippen LogP contribution in [0.3, 0.4) is 0 Å². The zero-order valence-electron chi connectivity index (χ0n) is 12.4. The third kappa shape index (κ3) is 3.91. The molecule has 0 unspecified atom stereocenters. The Morgan fingerprint density at radius 2 is 1.58 bits per heavy atom. The van der Waals surface area contributed by atoms with Crippen molar-refractivity contribution in [2.75, 3.05) is 13.1 Å². The predicted molar refractivity (Wildman–Crippen MR) is 84.1 cm³/mol. The van der Waals surface area contributed by atoms with Crippen molar-refractivity contribution in [2.45, 2.75) is 65.2 Å². The van der Waals surface area contributed by atoms with Crippen LogP contribution in [0, 0.1) is 5.41 Å². The molecular weight excluding hydrogens is 256 g/mol. The van der Waals surface area contributed by atoms with Gasteiger partial charge in [-0.2, -0.15) is 0 Å². The zero-order valence-corrected chi connectivity index (χ0v) is 13.2. The number of nitrogens with zero attached hydrogens (tertiary/aromatic N) is 1. The van der Waals surface area contributed by atoms with Crippen molar-refractivity contribution in [2.24, 2.45) is 11.1 Å². The number of nitrogens with two attached hydrogens (primary N) is 1. The third-order valence-corrected chi connectivity index (χ3v) is 4.52. The number of hydrogen-bond donors (Lipinski definition) is 1. The lowest BCUT2D eigenvalue weighted by molar-refractivity contribution is -0.139. The van der Waals surface area contributed by atoms with E-state index in [2.05, 4.69) is 13.8 Å². The molecule has 1 amide bonds. The Balaban J connectivity index is 2.93. The van der Waals surface area contributed by atoms with Gasteiger partial charge in [0.15, 0.2) is 0 Å². The fourth-order valence-electron chi connectivity index (χ4n) is 3.12. The number of likely N-dealkylation sites (tertiary alicyclic amines) is 1. The van der Waals surface area contributed by atoms with Gasteiger partial charge in [-0.1, -0.05) is 51.7 Å². The molecule has 0 atom stereocenters. The highest BCUT2D eigenvalue weighted by Gasteiger charge is 2.42. The molecule has 0 aromatic heterocycles.